The van der Waals surface area contributed by atoms with E-state index in [4.69, 9.17) is 5.73 Å². The third kappa shape index (κ3) is 3.80. The van der Waals surface area contributed by atoms with Crippen molar-refractivity contribution in [2.45, 2.75) is 44.3 Å². The van der Waals surface area contributed by atoms with Crippen LogP contribution in [0.2, 0.25) is 0 Å². The molecule has 0 spiro atoms. The fourth-order valence-electron chi connectivity index (χ4n) is 2.92. The highest BCUT2D eigenvalue weighted by molar-refractivity contribution is 5.84. The normalized spacial score (nSPS) is 20.8. The van der Waals surface area contributed by atoms with Crippen LogP contribution in [-0.2, 0) is 11.0 Å². The summed E-state index contributed by atoms with van der Waals surface area (Å²) in [6, 6.07) is 5.01. The van der Waals surface area contributed by atoms with Gasteiger partial charge in [-0.05, 0) is 30.9 Å². The molecule has 1 fully saturated rings. The number of likely N-dealkylation sites (tertiary alicyclic amines) is 1. The zero-order chi connectivity index (χ0) is 16.3. The standard InChI is InChI=1S/C16H21F3N2O/c1-2-14(15(22)21-8-4-7-13(20)10-21)11-5-3-6-12(9-11)16(17,18)19/h3,5-6,9,13-14H,2,4,7-8,10,20H2,1H3. The van der Waals surface area contributed by atoms with Gasteiger partial charge in [-0.1, -0.05) is 25.1 Å². The van der Waals surface area contributed by atoms with Crippen LogP contribution in [0.25, 0.3) is 0 Å². The maximum Gasteiger partial charge on any atom is 0.416 e. The van der Waals surface area contributed by atoms with Crippen LogP contribution >= 0.6 is 0 Å². The lowest BCUT2D eigenvalue weighted by Gasteiger charge is -2.33. The van der Waals surface area contributed by atoms with Gasteiger partial charge in [0.25, 0.3) is 0 Å². The van der Waals surface area contributed by atoms with Crippen LogP contribution in [0.1, 0.15) is 43.2 Å². The smallest absolute Gasteiger partial charge is 0.341 e. The Balaban J connectivity index is 2.22. The summed E-state index contributed by atoms with van der Waals surface area (Å²) in [6.07, 6.45) is -2.22. The van der Waals surface area contributed by atoms with Crippen molar-refractivity contribution in [3.8, 4) is 0 Å². The fourth-order valence-corrected chi connectivity index (χ4v) is 2.92. The predicted molar refractivity (Wildman–Crippen MR) is 78.3 cm³/mol. The van der Waals surface area contributed by atoms with Gasteiger partial charge in [0.05, 0.1) is 11.5 Å². The van der Waals surface area contributed by atoms with Gasteiger partial charge in [-0.15, -0.1) is 0 Å². The molecule has 0 bridgehead atoms. The number of hydrogen-bond donors (Lipinski definition) is 1. The molecule has 122 valence electrons. The molecular formula is C16H21F3N2O. The number of halogens is 3. The number of hydrogen-bond acceptors (Lipinski definition) is 2. The van der Waals surface area contributed by atoms with E-state index >= 15 is 0 Å². The van der Waals surface area contributed by atoms with Gasteiger partial charge in [-0.3, -0.25) is 4.79 Å². The highest BCUT2D eigenvalue weighted by atomic mass is 19.4. The van der Waals surface area contributed by atoms with E-state index in [1.54, 1.807) is 11.0 Å². The van der Waals surface area contributed by atoms with Crippen LogP contribution in [-0.4, -0.2) is 29.9 Å². The quantitative estimate of drug-likeness (QED) is 0.931. The number of carbonyl (C=O) groups is 1. The van der Waals surface area contributed by atoms with Crippen molar-refractivity contribution in [1.29, 1.82) is 0 Å². The third-order valence-electron chi connectivity index (χ3n) is 4.09. The number of amides is 1. The zero-order valence-electron chi connectivity index (χ0n) is 12.6. The van der Waals surface area contributed by atoms with Crippen LogP contribution in [0.4, 0.5) is 13.2 Å². The molecule has 0 aromatic heterocycles. The minimum Gasteiger partial charge on any atom is -0.341 e. The summed E-state index contributed by atoms with van der Waals surface area (Å²) in [5.74, 6) is -0.676. The molecule has 1 saturated heterocycles. The molecule has 0 aliphatic carbocycles. The van der Waals surface area contributed by atoms with E-state index in [0.29, 0.717) is 25.1 Å². The number of benzene rings is 1. The van der Waals surface area contributed by atoms with Gasteiger partial charge in [0.1, 0.15) is 0 Å². The van der Waals surface area contributed by atoms with Gasteiger partial charge >= 0.3 is 6.18 Å². The van der Waals surface area contributed by atoms with E-state index in [9.17, 15) is 18.0 Å². The molecule has 3 nitrogen and oxygen atoms in total. The van der Waals surface area contributed by atoms with Gasteiger partial charge in [0, 0.05) is 19.1 Å². The number of piperidine rings is 1. The monoisotopic (exact) mass is 314 g/mol. The number of rotatable bonds is 3. The van der Waals surface area contributed by atoms with Gasteiger partial charge in [-0.25, -0.2) is 0 Å². The first-order chi connectivity index (χ1) is 10.3. The number of nitrogens with zero attached hydrogens (tertiary/aromatic N) is 1. The minimum absolute atomic E-state index is 0.0447. The van der Waals surface area contributed by atoms with E-state index < -0.39 is 17.7 Å². The molecule has 1 aliphatic heterocycles. The highest BCUT2D eigenvalue weighted by Gasteiger charge is 2.33. The minimum atomic E-state index is -4.40. The molecule has 2 unspecified atom stereocenters. The Bertz CT molecular complexity index is 530. The Labute approximate surface area is 128 Å². The maximum absolute atomic E-state index is 12.8. The first kappa shape index (κ1) is 16.8. The molecule has 1 heterocycles. The van der Waals surface area contributed by atoms with E-state index in [1.807, 2.05) is 6.92 Å². The van der Waals surface area contributed by atoms with Gasteiger partial charge in [-0.2, -0.15) is 13.2 Å². The van der Waals surface area contributed by atoms with Gasteiger partial charge in [0.2, 0.25) is 5.91 Å². The molecule has 6 heteroatoms. The molecule has 0 radical (unpaired) electrons. The van der Waals surface area contributed by atoms with E-state index in [1.165, 1.54) is 6.07 Å². The second-order valence-electron chi connectivity index (χ2n) is 5.77. The Morgan fingerprint density at radius 2 is 2.18 bits per heavy atom. The summed E-state index contributed by atoms with van der Waals surface area (Å²) in [6.45, 7) is 2.92. The van der Waals surface area contributed by atoms with Crippen LogP contribution < -0.4 is 5.73 Å². The number of nitrogens with two attached hydrogens (primary N) is 1. The van der Waals surface area contributed by atoms with Crippen molar-refractivity contribution in [2.24, 2.45) is 5.73 Å². The van der Waals surface area contributed by atoms with Crippen molar-refractivity contribution < 1.29 is 18.0 Å². The average molecular weight is 314 g/mol. The Kier molecular flexibility index (Phi) is 5.11. The molecule has 22 heavy (non-hydrogen) atoms. The molecule has 2 N–H and O–H groups in total. The summed E-state index contributed by atoms with van der Waals surface area (Å²) in [4.78, 5) is 14.3. The lowest BCUT2D eigenvalue weighted by atomic mass is 9.92. The van der Waals surface area contributed by atoms with Crippen molar-refractivity contribution >= 4 is 5.91 Å². The number of alkyl halides is 3. The first-order valence-electron chi connectivity index (χ1n) is 7.54. The lowest BCUT2D eigenvalue weighted by molar-refractivity contribution is -0.138. The van der Waals surface area contributed by atoms with Crippen LogP contribution in [0.5, 0.6) is 0 Å². The SMILES string of the molecule is CCC(C(=O)N1CCCC(N)C1)c1cccc(C(F)(F)F)c1. The van der Waals surface area contributed by atoms with E-state index in [2.05, 4.69) is 0 Å². The Morgan fingerprint density at radius 1 is 1.45 bits per heavy atom. The molecule has 0 saturated carbocycles. The third-order valence-corrected chi connectivity index (χ3v) is 4.09. The Morgan fingerprint density at radius 3 is 2.77 bits per heavy atom. The topological polar surface area (TPSA) is 46.3 Å². The summed E-state index contributed by atoms with van der Waals surface area (Å²) in [7, 11) is 0. The fraction of sp³-hybridized carbons (Fsp3) is 0.562. The van der Waals surface area contributed by atoms with E-state index in [0.717, 1.165) is 25.0 Å². The molecule has 2 atom stereocenters. The van der Waals surface area contributed by atoms with Crippen LogP contribution in [0, 0.1) is 0 Å². The number of carbonyl (C=O) groups excluding carboxylic acids is 1. The summed E-state index contributed by atoms with van der Waals surface area (Å²) in [5, 5.41) is 0. The maximum atomic E-state index is 12.8. The van der Waals surface area contributed by atoms with Crippen LogP contribution in [0.15, 0.2) is 24.3 Å². The van der Waals surface area contributed by atoms with Crippen molar-refractivity contribution in [1.82, 2.24) is 4.90 Å². The molecular weight excluding hydrogens is 293 g/mol. The summed E-state index contributed by atoms with van der Waals surface area (Å²) >= 11 is 0. The summed E-state index contributed by atoms with van der Waals surface area (Å²) in [5.41, 5.74) is 5.58. The van der Waals surface area contributed by atoms with Gasteiger partial charge < -0.3 is 10.6 Å². The Hall–Kier alpha value is -1.56. The second kappa shape index (κ2) is 6.69. The van der Waals surface area contributed by atoms with E-state index in [-0.39, 0.29) is 11.9 Å². The average Bonchev–Trinajstić information content (AvgIpc) is 2.47. The molecule has 1 aromatic carbocycles. The molecule has 1 amide bonds. The van der Waals surface area contributed by atoms with Gasteiger partial charge in [0.15, 0.2) is 0 Å². The van der Waals surface area contributed by atoms with Crippen molar-refractivity contribution in [3.05, 3.63) is 35.4 Å². The summed E-state index contributed by atoms with van der Waals surface area (Å²) < 4.78 is 38.5. The molecule has 1 aromatic rings. The van der Waals surface area contributed by atoms with Crippen molar-refractivity contribution in [3.63, 3.8) is 0 Å². The highest BCUT2D eigenvalue weighted by Crippen LogP contribution is 2.32. The molecule has 2 rings (SSSR count). The van der Waals surface area contributed by atoms with Crippen molar-refractivity contribution in [2.75, 3.05) is 13.1 Å². The lowest BCUT2D eigenvalue weighted by Crippen LogP contribution is -2.47. The predicted octanol–water partition coefficient (Wildman–Crippen LogP) is 3.15. The zero-order valence-corrected chi connectivity index (χ0v) is 12.6. The first-order valence-corrected chi connectivity index (χ1v) is 7.54. The second-order valence-corrected chi connectivity index (χ2v) is 5.77. The molecule has 1 aliphatic rings. The van der Waals surface area contributed by atoms with Crippen LogP contribution in [0.3, 0.4) is 0 Å². The largest absolute Gasteiger partial charge is 0.416 e.